The zero-order valence-electron chi connectivity index (χ0n) is 9.19. The average Bonchev–Trinajstić information content (AvgIpc) is 2.68. The molecule has 0 aliphatic heterocycles. The predicted octanol–water partition coefficient (Wildman–Crippen LogP) is 3.35. The normalized spacial score (nSPS) is 15.8. The van der Waals surface area contributed by atoms with E-state index in [0.29, 0.717) is 17.5 Å². The average molecular weight is 294 g/mol. The van der Waals surface area contributed by atoms with Gasteiger partial charge in [-0.25, -0.2) is 0 Å². The van der Waals surface area contributed by atoms with Gasteiger partial charge in [0.05, 0.1) is 5.56 Å². The number of nitrogens with two attached hydrogens (primary N) is 1. The minimum atomic E-state index is 0.473. The van der Waals surface area contributed by atoms with Crippen LogP contribution in [0.3, 0.4) is 0 Å². The molecule has 1 fully saturated rings. The standard InChI is InChI=1S/C12H12BrN3O/c13-8-4-5-10(14)9(6-8)12-15-11(16-17-12)7-2-1-3-7/h4-7H,1-3,14H2. The SMILES string of the molecule is Nc1ccc(Br)cc1-c1nc(C2CCC2)no1. The summed E-state index contributed by atoms with van der Waals surface area (Å²) in [6.45, 7) is 0. The largest absolute Gasteiger partial charge is 0.398 e. The van der Waals surface area contributed by atoms with Gasteiger partial charge in [0.25, 0.3) is 5.89 Å². The second-order valence-electron chi connectivity index (χ2n) is 4.32. The molecule has 0 spiro atoms. The summed E-state index contributed by atoms with van der Waals surface area (Å²) < 4.78 is 6.23. The number of nitrogen functional groups attached to an aromatic ring is 1. The van der Waals surface area contributed by atoms with Gasteiger partial charge in [0, 0.05) is 16.1 Å². The van der Waals surface area contributed by atoms with Crippen LogP contribution in [0, 0.1) is 0 Å². The number of anilines is 1. The van der Waals surface area contributed by atoms with Crippen LogP contribution < -0.4 is 5.73 Å². The third-order valence-corrected chi connectivity index (χ3v) is 3.65. The van der Waals surface area contributed by atoms with Crippen molar-refractivity contribution in [1.29, 1.82) is 0 Å². The van der Waals surface area contributed by atoms with Gasteiger partial charge in [0.15, 0.2) is 5.82 Å². The van der Waals surface area contributed by atoms with Gasteiger partial charge in [-0.05, 0) is 31.0 Å². The Balaban J connectivity index is 1.97. The lowest BCUT2D eigenvalue weighted by Crippen LogP contribution is -2.10. The van der Waals surface area contributed by atoms with Gasteiger partial charge in [-0.1, -0.05) is 27.5 Å². The molecule has 17 heavy (non-hydrogen) atoms. The molecule has 4 nitrogen and oxygen atoms in total. The number of rotatable bonds is 2. The van der Waals surface area contributed by atoms with E-state index in [1.165, 1.54) is 6.42 Å². The molecule has 0 bridgehead atoms. The van der Waals surface area contributed by atoms with Crippen molar-refractivity contribution >= 4 is 21.6 Å². The quantitative estimate of drug-likeness (QED) is 0.863. The number of halogens is 1. The molecule has 0 saturated heterocycles. The van der Waals surface area contributed by atoms with E-state index < -0.39 is 0 Å². The Kier molecular flexibility index (Phi) is 2.63. The van der Waals surface area contributed by atoms with Crippen LogP contribution in [0.1, 0.15) is 31.0 Å². The molecule has 1 aromatic heterocycles. The summed E-state index contributed by atoms with van der Waals surface area (Å²) in [5, 5.41) is 4.03. The number of nitrogens with zero attached hydrogens (tertiary/aromatic N) is 2. The Morgan fingerprint density at radius 3 is 2.88 bits per heavy atom. The maximum atomic E-state index is 5.90. The molecule has 1 aromatic carbocycles. The van der Waals surface area contributed by atoms with E-state index in [-0.39, 0.29) is 0 Å². The fraction of sp³-hybridized carbons (Fsp3) is 0.333. The first-order chi connectivity index (χ1) is 8.24. The summed E-state index contributed by atoms with van der Waals surface area (Å²) in [7, 11) is 0. The number of hydrogen-bond donors (Lipinski definition) is 1. The monoisotopic (exact) mass is 293 g/mol. The molecule has 2 N–H and O–H groups in total. The third-order valence-electron chi connectivity index (χ3n) is 3.16. The molecule has 88 valence electrons. The van der Waals surface area contributed by atoms with Crippen LogP contribution in [-0.4, -0.2) is 10.1 Å². The van der Waals surface area contributed by atoms with Gasteiger partial charge < -0.3 is 10.3 Å². The number of benzene rings is 1. The summed E-state index contributed by atoms with van der Waals surface area (Å²) in [4.78, 5) is 4.43. The summed E-state index contributed by atoms with van der Waals surface area (Å²) in [5.74, 6) is 1.79. The van der Waals surface area contributed by atoms with E-state index in [0.717, 1.165) is 28.7 Å². The first-order valence-corrected chi connectivity index (χ1v) is 6.42. The third kappa shape index (κ3) is 1.95. The molecule has 5 heteroatoms. The van der Waals surface area contributed by atoms with Crippen molar-refractivity contribution in [3.63, 3.8) is 0 Å². The number of aromatic nitrogens is 2. The Morgan fingerprint density at radius 1 is 1.35 bits per heavy atom. The molecule has 1 heterocycles. The van der Waals surface area contributed by atoms with Gasteiger partial charge >= 0.3 is 0 Å². The molecule has 0 unspecified atom stereocenters. The van der Waals surface area contributed by atoms with Gasteiger partial charge in [0.2, 0.25) is 0 Å². The molecule has 0 atom stereocenters. The number of hydrogen-bond acceptors (Lipinski definition) is 4. The van der Waals surface area contributed by atoms with E-state index in [1.54, 1.807) is 0 Å². The van der Waals surface area contributed by atoms with E-state index in [9.17, 15) is 0 Å². The lowest BCUT2D eigenvalue weighted by molar-refractivity contribution is 0.366. The van der Waals surface area contributed by atoms with Crippen LogP contribution in [-0.2, 0) is 0 Å². The molecule has 1 saturated carbocycles. The molecule has 3 rings (SSSR count). The second kappa shape index (κ2) is 4.14. The first kappa shape index (κ1) is 10.8. The fourth-order valence-electron chi connectivity index (χ4n) is 1.89. The zero-order valence-corrected chi connectivity index (χ0v) is 10.8. The van der Waals surface area contributed by atoms with Gasteiger partial charge in [-0.3, -0.25) is 0 Å². The van der Waals surface area contributed by atoms with E-state index in [1.807, 2.05) is 18.2 Å². The van der Waals surface area contributed by atoms with Crippen LogP contribution in [0.15, 0.2) is 27.2 Å². The Morgan fingerprint density at radius 2 is 2.18 bits per heavy atom. The summed E-state index contributed by atoms with van der Waals surface area (Å²) >= 11 is 3.41. The highest BCUT2D eigenvalue weighted by molar-refractivity contribution is 9.10. The van der Waals surface area contributed by atoms with Crippen LogP contribution in [0.2, 0.25) is 0 Å². The van der Waals surface area contributed by atoms with Crippen molar-refractivity contribution in [1.82, 2.24) is 10.1 Å². The van der Waals surface area contributed by atoms with Crippen molar-refractivity contribution in [2.75, 3.05) is 5.73 Å². The van der Waals surface area contributed by atoms with Gasteiger partial charge in [-0.2, -0.15) is 4.98 Å². The molecule has 0 radical (unpaired) electrons. The molecular formula is C12H12BrN3O. The summed E-state index contributed by atoms with van der Waals surface area (Å²) in [6.07, 6.45) is 3.58. The Bertz CT molecular complexity index is 548. The van der Waals surface area contributed by atoms with E-state index >= 15 is 0 Å². The molecule has 0 amide bonds. The topological polar surface area (TPSA) is 64.9 Å². The van der Waals surface area contributed by atoms with E-state index in [4.69, 9.17) is 10.3 Å². The molecular weight excluding hydrogens is 282 g/mol. The van der Waals surface area contributed by atoms with Crippen molar-refractivity contribution in [2.24, 2.45) is 0 Å². The van der Waals surface area contributed by atoms with Gasteiger partial charge in [-0.15, -0.1) is 0 Å². The minimum Gasteiger partial charge on any atom is -0.398 e. The van der Waals surface area contributed by atoms with Crippen molar-refractivity contribution < 1.29 is 4.52 Å². The minimum absolute atomic E-state index is 0.473. The molecule has 1 aliphatic rings. The first-order valence-electron chi connectivity index (χ1n) is 5.63. The molecule has 2 aromatic rings. The van der Waals surface area contributed by atoms with Crippen LogP contribution in [0.4, 0.5) is 5.69 Å². The second-order valence-corrected chi connectivity index (χ2v) is 5.23. The predicted molar refractivity (Wildman–Crippen MR) is 68.4 cm³/mol. The van der Waals surface area contributed by atoms with Crippen molar-refractivity contribution in [3.8, 4) is 11.5 Å². The maximum absolute atomic E-state index is 5.90. The van der Waals surface area contributed by atoms with Crippen LogP contribution >= 0.6 is 15.9 Å². The smallest absolute Gasteiger partial charge is 0.260 e. The van der Waals surface area contributed by atoms with E-state index in [2.05, 4.69) is 26.1 Å². The Labute approximate surface area is 107 Å². The summed E-state index contributed by atoms with van der Waals surface area (Å²) in [5.41, 5.74) is 7.34. The maximum Gasteiger partial charge on any atom is 0.260 e. The fourth-order valence-corrected chi connectivity index (χ4v) is 2.25. The van der Waals surface area contributed by atoms with Crippen molar-refractivity contribution in [2.45, 2.75) is 25.2 Å². The summed E-state index contributed by atoms with van der Waals surface area (Å²) in [6, 6.07) is 5.61. The molecule has 1 aliphatic carbocycles. The van der Waals surface area contributed by atoms with Gasteiger partial charge in [0.1, 0.15) is 0 Å². The lowest BCUT2D eigenvalue weighted by atomic mass is 9.85. The highest BCUT2D eigenvalue weighted by Gasteiger charge is 2.25. The van der Waals surface area contributed by atoms with Crippen molar-refractivity contribution in [3.05, 3.63) is 28.5 Å². The van der Waals surface area contributed by atoms with Crippen LogP contribution in [0.25, 0.3) is 11.5 Å². The highest BCUT2D eigenvalue weighted by atomic mass is 79.9. The Hall–Kier alpha value is -1.36. The highest BCUT2D eigenvalue weighted by Crippen LogP contribution is 2.36. The lowest BCUT2D eigenvalue weighted by Gasteiger charge is -2.20. The zero-order chi connectivity index (χ0) is 11.8. The van der Waals surface area contributed by atoms with Crippen LogP contribution in [0.5, 0.6) is 0 Å².